The minimum absolute atomic E-state index is 0.0160. The topological polar surface area (TPSA) is 64.2 Å². The normalized spacial score (nSPS) is 16.0. The lowest BCUT2D eigenvalue weighted by atomic mass is 10.1. The summed E-state index contributed by atoms with van der Waals surface area (Å²) in [5.41, 5.74) is 7.95. The standard InChI is InChI=1S/C16H19FN4O/c1-11-15(16(22)20-8-6-13(18)7-9-20)10-19-21(11)14-4-2-12(17)3-5-14/h2-5,10,13H,6-9,18H2,1H3. The Morgan fingerprint density at radius 2 is 1.91 bits per heavy atom. The quantitative estimate of drug-likeness (QED) is 0.921. The lowest BCUT2D eigenvalue weighted by Crippen LogP contribution is -2.42. The molecular weight excluding hydrogens is 283 g/mol. The van der Waals surface area contributed by atoms with Gasteiger partial charge in [-0.05, 0) is 44.0 Å². The molecule has 2 heterocycles. The van der Waals surface area contributed by atoms with Gasteiger partial charge in [0.25, 0.3) is 5.91 Å². The van der Waals surface area contributed by atoms with Gasteiger partial charge in [-0.1, -0.05) is 0 Å². The molecule has 1 aliphatic rings. The SMILES string of the molecule is Cc1c(C(=O)N2CCC(N)CC2)cnn1-c1ccc(F)cc1. The maximum atomic E-state index is 13.0. The van der Waals surface area contributed by atoms with E-state index in [9.17, 15) is 9.18 Å². The van der Waals surface area contributed by atoms with E-state index in [1.807, 2.05) is 11.8 Å². The predicted octanol–water partition coefficient (Wildman–Crippen LogP) is 1.88. The summed E-state index contributed by atoms with van der Waals surface area (Å²) in [7, 11) is 0. The van der Waals surface area contributed by atoms with Gasteiger partial charge in [-0.15, -0.1) is 0 Å². The molecule has 116 valence electrons. The fraction of sp³-hybridized carbons (Fsp3) is 0.375. The number of hydrogen-bond acceptors (Lipinski definition) is 3. The van der Waals surface area contributed by atoms with Crippen molar-refractivity contribution in [1.82, 2.24) is 14.7 Å². The summed E-state index contributed by atoms with van der Waals surface area (Å²) in [5.74, 6) is -0.313. The van der Waals surface area contributed by atoms with E-state index in [0.29, 0.717) is 18.7 Å². The smallest absolute Gasteiger partial charge is 0.257 e. The maximum absolute atomic E-state index is 13.0. The molecule has 1 amide bonds. The first kappa shape index (κ1) is 14.7. The van der Waals surface area contributed by atoms with Gasteiger partial charge in [0, 0.05) is 19.1 Å². The molecule has 1 fully saturated rings. The fourth-order valence-corrected chi connectivity index (χ4v) is 2.74. The van der Waals surface area contributed by atoms with Crippen LogP contribution in [0, 0.1) is 12.7 Å². The molecule has 5 nitrogen and oxygen atoms in total. The van der Waals surface area contributed by atoms with E-state index in [0.717, 1.165) is 24.2 Å². The molecule has 3 rings (SSSR count). The van der Waals surface area contributed by atoms with Crippen LogP contribution < -0.4 is 5.73 Å². The summed E-state index contributed by atoms with van der Waals surface area (Å²) in [5, 5.41) is 4.27. The number of carbonyl (C=O) groups excluding carboxylic acids is 1. The Kier molecular flexibility index (Phi) is 3.94. The molecule has 0 unspecified atom stereocenters. The number of halogens is 1. The summed E-state index contributed by atoms with van der Waals surface area (Å²) in [6.45, 7) is 3.21. The first-order chi connectivity index (χ1) is 10.6. The molecule has 0 bridgehead atoms. The van der Waals surface area contributed by atoms with Gasteiger partial charge in [0.15, 0.2) is 0 Å². The Labute approximate surface area is 128 Å². The van der Waals surface area contributed by atoms with E-state index >= 15 is 0 Å². The maximum Gasteiger partial charge on any atom is 0.257 e. The Morgan fingerprint density at radius 3 is 2.55 bits per heavy atom. The molecule has 1 aromatic heterocycles. The first-order valence-electron chi connectivity index (χ1n) is 7.41. The van der Waals surface area contributed by atoms with E-state index in [-0.39, 0.29) is 17.8 Å². The van der Waals surface area contributed by atoms with E-state index < -0.39 is 0 Å². The number of piperidine rings is 1. The van der Waals surface area contributed by atoms with Crippen LogP contribution in [-0.2, 0) is 0 Å². The van der Waals surface area contributed by atoms with Gasteiger partial charge in [-0.3, -0.25) is 4.79 Å². The molecule has 22 heavy (non-hydrogen) atoms. The zero-order chi connectivity index (χ0) is 15.7. The van der Waals surface area contributed by atoms with Crippen LogP contribution in [0.15, 0.2) is 30.5 Å². The molecule has 6 heteroatoms. The molecular formula is C16H19FN4O. The van der Waals surface area contributed by atoms with Gasteiger partial charge >= 0.3 is 0 Å². The molecule has 0 aliphatic carbocycles. The number of carbonyl (C=O) groups is 1. The Balaban J connectivity index is 1.84. The molecule has 1 saturated heterocycles. The van der Waals surface area contributed by atoms with E-state index in [1.165, 1.54) is 12.1 Å². The predicted molar refractivity (Wildman–Crippen MR) is 81.4 cm³/mol. The number of benzene rings is 1. The second-order valence-electron chi connectivity index (χ2n) is 5.66. The van der Waals surface area contributed by atoms with E-state index in [1.54, 1.807) is 23.0 Å². The van der Waals surface area contributed by atoms with Crippen LogP contribution in [0.4, 0.5) is 4.39 Å². The average Bonchev–Trinajstić information content (AvgIpc) is 2.90. The average molecular weight is 302 g/mol. The molecule has 0 spiro atoms. The highest BCUT2D eigenvalue weighted by Gasteiger charge is 2.24. The van der Waals surface area contributed by atoms with E-state index in [2.05, 4.69) is 5.10 Å². The third-order valence-electron chi connectivity index (χ3n) is 4.14. The summed E-state index contributed by atoms with van der Waals surface area (Å²) in [6, 6.07) is 6.23. The van der Waals surface area contributed by atoms with Crippen LogP contribution in [0.25, 0.3) is 5.69 Å². The van der Waals surface area contributed by atoms with Crippen molar-refractivity contribution in [2.45, 2.75) is 25.8 Å². The Hall–Kier alpha value is -2.21. The zero-order valence-electron chi connectivity index (χ0n) is 12.5. The molecule has 1 aromatic carbocycles. The molecule has 1 aliphatic heterocycles. The summed E-state index contributed by atoms with van der Waals surface area (Å²) in [4.78, 5) is 14.4. The molecule has 2 N–H and O–H groups in total. The Morgan fingerprint density at radius 1 is 1.27 bits per heavy atom. The van der Waals surface area contributed by atoms with Gasteiger partial charge in [0.2, 0.25) is 0 Å². The fourth-order valence-electron chi connectivity index (χ4n) is 2.74. The zero-order valence-corrected chi connectivity index (χ0v) is 12.5. The lowest BCUT2D eigenvalue weighted by Gasteiger charge is -2.30. The highest BCUT2D eigenvalue weighted by atomic mass is 19.1. The number of rotatable bonds is 2. The Bertz CT molecular complexity index is 672. The molecule has 2 aromatic rings. The van der Waals surface area contributed by atoms with Crippen molar-refractivity contribution in [2.75, 3.05) is 13.1 Å². The van der Waals surface area contributed by atoms with Crippen LogP contribution in [0.5, 0.6) is 0 Å². The van der Waals surface area contributed by atoms with Crippen LogP contribution in [-0.4, -0.2) is 39.7 Å². The van der Waals surface area contributed by atoms with Crippen molar-refractivity contribution >= 4 is 5.91 Å². The second-order valence-corrected chi connectivity index (χ2v) is 5.66. The highest BCUT2D eigenvalue weighted by molar-refractivity contribution is 5.95. The van der Waals surface area contributed by atoms with Crippen LogP contribution >= 0.6 is 0 Å². The number of amides is 1. The number of nitrogens with two attached hydrogens (primary N) is 1. The number of likely N-dealkylation sites (tertiary alicyclic amines) is 1. The summed E-state index contributed by atoms with van der Waals surface area (Å²) in [6.07, 6.45) is 3.24. The van der Waals surface area contributed by atoms with Crippen LogP contribution in [0.2, 0.25) is 0 Å². The van der Waals surface area contributed by atoms with E-state index in [4.69, 9.17) is 5.73 Å². The van der Waals surface area contributed by atoms with Crippen molar-refractivity contribution in [1.29, 1.82) is 0 Å². The number of nitrogens with zero attached hydrogens (tertiary/aromatic N) is 3. The lowest BCUT2D eigenvalue weighted by molar-refractivity contribution is 0.0714. The molecule has 0 atom stereocenters. The highest BCUT2D eigenvalue weighted by Crippen LogP contribution is 2.18. The minimum atomic E-state index is -0.297. The van der Waals surface area contributed by atoms with Gasteiger partial charge in [-0.2, -0.15) is 5.10 Å². The van der Waals surface area contributed by atoms with Gasteiger partial charge in [0.05, 0.1) is 23.1 Å². The van der Waals surface area contributed by atoms with Crippen LogP contribution in [0.1, 0.15) is 28.9 Å². The minimum Gasteiger partial charge on any atom is -0.338 e. The van der Waals surface area contributed by atoms with Gasteiger partial charge in [-0.25, -0.2) is 9.07 Å². The first-order valence-corrected chi connectivity index (χ1v) is 7.41. The van der Waals surface area contributed by atoms with Crippen molar-refractivity contribution in [3.8, 4) is 5.69 Å². The van der Waals surface area contributed by atoms with Gasteiger partial charge < -0.3 is 10.6 Å². The summed E-state index contributed by atoms with van der Waals surface area (Å²) < 4.78 is 14.7. The third-order valence-corrected chi connectivity index (χ3v) is 4.14. The van der Waals surface area contributed by atoms with Gasteiger partial charge in [0.1, 0.15) is 5.82 Å². The van der Waals surface area contributed by atoms with Crippen LogP contribution in [0.3, 0.4) is 0 Å². The van der Waals surface area contributed by atoms with Crippen molar-refractivity contribution < 1.29 is 9.18 Å². The molecule has 0 saturated carbocycles. The number of hydrogen-bond donors (Lipinski definition) is 1. The number of aromatic nitrogens is 2. The monoisotopic (exact) mass is 302 g/mol. The van der Waals surface area contributed by atoms with Crippen molar-refractivity contribution in [2.24, 2.45) is 5.73 Å². The van der Waals surface area contributed by atoms with Crippen molar-refractivity contribution in [3.63, 3.8) is 0 Å². The largest absolute Gasteiger partial charge is 0.338 e. The third kappa shape index (κ3) is 2.74. The summed E-state index contributed by atoms with van der Waals surface area (Å²) >= 11 is 0. The van der Waals surface area contributed by atoms with Crippen molar-refractivity contribution in [3.05, 3.63) is 47.5 Å². The molecule has 0 radical (unpaired) electrons. The second kappa shape index (κ2) is 5.88.